The van der Waals surface area contributed by atoms with Crippen LogP contribution in [0.1, 0.15) is 39.3 Å². The van der Waals surface area contributed by atoms with Crippen LogP contribution in [0.25, 0.3) is 0 Å². The first-order chi connectivity index (χ1) is 11.8. The summed E-state index contributed by atoms with van der Waals surface area (Å²) in [6, 6.07) is 7.52. The fourth-order valence-corrected chi connectivity index (χ4v) is 3.88. The molecule has 2 heterocycles. The molecule has 0 spiro atoms. The third-order valence-corrected chi connectivity index (χ3v) is 5.17. The van der Waals surface area contributed by atoms with Crippen molar-refractivity contribution in [3.8, 4) is 0 Å². The van der Waals surface area contributed by atoms with Crippen LogP contribution >= 0.6 is 11.3 Å². The first-order valence-electron chi connectivity index (χ1n) is 7.99. The zero-order valence-electron chi connectivity index (χ0n) is 13.1. The average Bonchev–Trinajstić information content (AvgIpc) is 3.24. The lowest BCUT2D eigenvalue weighted by Gasteiger charge is -2.06. The van der Waals surface area contributed by atoms with Crippen LogP contribution in [0, 0.1) is 0 Å². The number of fused-ring (bicyclic) bond motifs is 1. The molecule has 3 aromatic rings. The Morgan fingerprint density at radius 3 is 2.79 bits per heavy atom. The van der Waals surface area contributed by atoms with Crippen LogP contribution in [-0.2, 0) is 19.4 Å². The Morgan fingerprint density at radius 1 is 1.21 bits per heavy atom. The number of rotatable bonds is 4. The average molecular weight is 339 g/mol. The van der Waals surface area contributed by atoms with Crippen LogP contribution in [0.3, 0.4) is 0 Å². The van der Waals surface area contributed by atoms with Crippen molar-refractivity contribution in [2.45, 2.75) is 32.2 Å². The van der Waals surface area contributed by atoms with Gasteiger partial charge >= 0.3 is 0 Å². The number of benzene rings is 1. The van der Waals surface area contributed by atoms with Crippen molar-refractivity contribution < 1.29 is 4.79 Å². The molecule has 24 heavy (non-hydrogen) atoms. The minimum absolute atomic E-state index is 0.117. The number of nitrogens with one attached hydrogen (secondary N) is 1. The van der Waals surface area contributed by atoms with E-state index < -0.39 is 0 Å². The minimum Gasteiger partial charge on any atom is -0.298 e. The van der Waals surface area contributed by atoms with Crippen molar-refractivity contribution in [3.05, 3.63) is 58.6 Å². The number of carbonyl (C=O) groups is 1. The number of hydrogen-bond donors (Lipinski definition) is 1. The summed E-state index contributed by atoms with van der Waals surface area (Å²) in [5, 5.41) is 7.70. The zero-order valence-corrected chi connectivity index (χ0v) is 13.9. The van der Waals surface area contributed by atoms with Crippen molar-refractivity contribution in [2.75, 3.05) is 5.32 Å². The molecule has 122 valence electrons. The first kappa shape index (κ1) is 15.0. The molecule has 7 heteroatoms. The highest BCUT2D eigenvalue weighted by Gasteiger charge is 2.16. The Labute approximate surface area is 143 Å². The molecule has 0 unspecified atom stereocenters. The molecule has 1 N–H and O–H groups in total. The van der Waals surface area contributed by atoms with Gasteiger partial charge < -0.3 is 0 Å². The molecule has 4 rings (SSSR count). The van der Waals surface area contributed by atoms with Crippen molar-refractivity contribution in [3.63, 3.8) is 0 Å². The van der Waals surface area contributed by atoms with E-state index in [1.807, 2.05) is 24.3 Å². The molecule has 1 aliphatic carbocycles. The highest BCUT2D eigenvalue weighted by molar-refractivity contribution is 7.15. The Hall–Kier alpha value is -2.54. The van der Waals surface area contributed by atoms with E-state index in [9.17, 15) is 4.79 Å². The highest BCUT2D eigenvalue weighted by Crippen LogP contribution is 2.29. The van der Waals surface area contributed by atoms with Crippen LogP contribution in [-0.4, -0.2) is 25.7 Å². The lowest BCUT2D eigenvalue weighted by Crippen LogP contribution is -2.12. The molecule has 0 atom stereocenters. The van der Waals surface area contributed by atoms with Crippen LogP contribution in [0.2, 0.25) is 0 Å². The van der Waals surface area contributed by atoms with Crippen LogP contribution in [0.15, 0.2) is 36.9 Å². The minimum atomic E-state index is -0.117. The Balaban J connectivity index is 1.43. The molecule has 1 aromatic carbocycles. The molecular formula is C17H17N5OS. The monoisotopic (exact) mass is 339 g/mol. The molecule has 0 radical (unpaired) electrons. The van der Waals surface area contributed by atoms with Gasteiger partial charge in [0.05, 0.1) is 12.2 Å². The van der Waals surface area contributed by atoms with Gasteiger partial charge in [-0.1, -0.05) is 12.1 Å². The van der Waals surface area contributed by atoms with E-state index in [4.69, 9.17) is 0 Å². The maximum atomic E-state index is 12.4. The summed E-state index contributed by atoms with van der Waals surface area (Å²) in [5.41, 5.74) is 2.86. The van der Waals surface area contributed by atoms with Crippen LogP contribution in [0.5, 0.6) is 0 Å². The second kappa shape index (κ2) is 6.52. The number of hydrogen-bond acceptors (Lipinski definition) is 5. The lowest BCUT2D eigenvalue weighted by atomic mass is 10.0. The number of anilines is 1. The van der Waals surface area contributed by atoms with Crippen LogP contribution in [0.4, 0.5) is 5.13 Å². The van der Waals surface area contributed by atoms with Gasteiger partial charge in [0.25, 0.3) is 5.91 Å². The molecule has 0 aliphatic heterocycles. The van der Waals surface area contributed by atoms with E-state index in [1.54, 1.807) is 22.3 Å². The molecular weight excluding hydrogens is 322 g/mol. The number of amides is 1. The van der Waals surface area contributed by atoms with Gasteiger partial charge in [-0.05, 0) is 43.4 Å². The normalized spacial score (nSPS) is 13.5. The van der Waals surface area contributed by atoms with Crippen molar-refractivity contribution >= 4 is 22.4 Å². The third kappa shape index (κ3) is 3.21. The van der Waals surface area contributed by atoms with Crippen molar-refractivity contribution in [1.29, 1.82) is 0 Å². The van der Waals surface area contributed by atoms with Gasteiger partial charge in [-0.2, -0.15) is 5.10 Å². The van der Waals surface area contributed by atoms with E-state index in [0.717, 1.165) is 24.1 Å². The summed E-state index contributed by atoms with van der Waals surface area (Å²) in [6.07, 6.45) is 7.70. The number of nitrogens with zero attached hydrogens (tertiary/aromatic N) is 4. The SMILES string of the molecule is O=C(Nc1nc2c(s1)CCCC2)c1ccc(Cn2cncn2)cc1. The topological polar surface area (TPSA) is 72.7 Å². The van der Waals surface area contributed by atoms with Gasteiger partial charge in [0.15, 0.2) is 5.13 Å². The predicted molar refractivity (Wildman–Crippen MR) is 92.3 cm³/mol. The van der Waals surface area contributed by atoms with Gasteiger partial charge in [0.1, 0.15) is 12.7 Å². The molecule has 0 bridgehead atoms. The summed E-state index contributed by atoms with van der Waals surface area (Å²) >= 11 is 1.60. The molecule has 0 saturated carbocycles. The molecule has 2 aromatic heterocycles. The highest BCUT2D eigenvalue weighted by atomic mass is 32.1. The molecule has 0 fully saturated rings. The smallest absolute Gasteiger partial charge is 0.257 e. The van der Waals surface area contributed by atoms with Crippen LogP contribution < -0.4 is 5.32 Å². The van der Waals surface area contributed by atoms with E-state index in [0.29, 0.717) is 17.2 Å². The van der Waals surface area contributed by atoms with Gasteiger partial charge in [0, 0.05) is 10.4 Å². The molecule has 1 aliphatic rings. The third-order valence-electron chi connectivity index (χ3n) is 4.09. The predicted octanol–water partition coefficient (Wildman–Crippen LogP) is 2.91. The Bertz CT molecular complexity index is 815. The van der Waals surface area contributed by atoms with Crippen molar-refractivity contribution in [1.82, 2.24) is 19.7 Å². The van der Waals surface area contributed by atoms with E-state index in [1.165, 1.54) is 24.0 Å². The lowest BCUT2D eigenvalue weighted by molar-refractivity contribution is 0.102. The quantitative estimate of drug-likeness (QED) is 0.793. The Morgan fingerprint density at radius 2 is 2.04 bits per heavy atom. The second-order valence-electron chi connectivity index (χ2n) is 5.84. The fraction of sp³-hybridized carbons (Fsp3) is 0.294. The van der Waals surface area contributed by atoms with E-state index in [2.05, 4.69) is 20.4 Å². The molecule has 6 nitrogen and oxygen atoms in total. The number of thiazole rings is 1. The van der Waals surface area contributed by atoms with E-state index in [-0.39, 0.29) is 5.91 Å². The second-order valence-corrected chi connectivity index (χ2v) is 6.92. The molecule has 1 amide bonds. The first-order valence-corrected chi connectivity index (χ1v) is 8.81. The number of aromatic nitrogens is 4. The van der Waals surface area contributed by atoms with Gasteiger partial charge in [-0.25, -0.2) is 14.6 Å². The summed E-state index contributed by atoms with van der Waals surface area (Å²) in [6.45, 7) is 0.640. The summed E-state index contributed by atoms with van der Waals surface area (Å²) in [5.74, 6) is -0.117. The summed E-state index contributed by atoms with van der Waals surface area (Å²) in [4.78, 5) is 22.2. The maximum Gasteiger partial charge on any atom is 0.257 e. The summed E-state index contributed by atoms with van der Waals surface area (Å²) in [7, 11) is 0. The largest absolute Gasteiger partial charge is 0.298 e. The number of carbonyl (C=O) groups excluding carboxylic acids is 1. The van der Waals surface area contributed by atoms with E-state index >= 15 is 0 Å². The summed E-state index contributed by atoms with van der Waals surface area (Å²) < 4.78 is 1.75. The number of aryl methyl sites for hydroxylation is 2. The van der Waals surface area contributed by atoms with Gasteiger partial charge in [-0.3, -0.25) is 10.1 Å². The standard InChI is InChI=1S/C17H17N5OS/c23-16(21-17-20-14-3-1-2-4-15(14)24-17)13-7-5-12(6-8-13)9-22-11-18-10-19-22/h5-8,10-11H,1-4,9H2,(H,20,21,23). The zero-order chi connectivity index (χ0) is 16.4. The van der Waals surface area contributed by atoms with Crippen molar-refractivity contribution in [2.24, 2.45) is 0 Å². The van der Waals surface area contributed by atoms with Gasteiger partial charge in [-0.15, -0.1) is 11.3 Å². The Kier molecular flexibility index (Phi) is 4.08. The van der Waals surface area contributed by atoms with Gasteiger partial charge in [0.2, 0.25) is 0 Å². The fourth-order valence-electron chi connectivity index (χ4n) is 2.84. The maximum absolute atomic E-state index is 12.4. The molecule has 0 saturated heterocycles.